The van der Waals surface area contributed by atoms with Gasteiger partial charge < -0.3 is 10.5 Å². The van der Waals surface area contributed by atoms with Crippen LogP contribution in [-0.4, -0.2) is 43.3 Å². The maximum Gasteiger partial charge on any atom is 0.0510 e. The molecule has 0 aromatic rings. The minimum atomic E-state index is 0.513. The van der Waals surface area contributed by atoms with Crippen molar-refractivity contribution < 1.29 is 4.74 Å². The molecule has 0 spiro atoms. The normalized spacial score (nSPS) is 24.2. The maximum absolute atomic E-state index is 6.02. The van der Waals surface area contributed by atoms with E-state index in [0.717, 1.165) is 19.8 Å². The van der Waals surface area contributed by atoms with Crippen LogP contribution in [0.5, 0.6) is 0 Å². The van der Waals surface area contributed by atoms with Crippen molar-refractivity contribution in [3.05, 3.63) is 0 Å². The van der Waals surface area contributed by atoms with Crippen LogP contribution in [0.2, 0.25) is 0 Å². The Bertz CT molecular complexity index is 193. The third-order valence-corrected chi connectivity index (χ3v) is 4.10. The standard InChI is InChI=1S/C14H30N2O/c1-4-6-8-16(12(3)5-2)14(10-15)13-7-9-17-11-13/h12-14H,4-11,15H2,1-3H3. The summed E-state index contributed by atoms with van der Waals surface area (Å²) >= 11 is 0. The van der Waals surface area contributed by atoms with E-state index in [-0.39, 0.29) is 0 Å². The molecular formula is C14H30N2O. The summed E-state index contributed by atoms with van der Waals surface area (Å²) in [7, 11) is 0. The summed E-state index contributed by atoms with van der Waals surface area (Å²) in [6.07, 6.45) is 4.91. The van der Waals surface area contributed by atoms with Crippen LogP contribution in [-0.2, 0) is 4.74 Å². The highest BCUT2D eigenvalue weighted by molar-refractivity contribution is 4.85. The smallest absolute Gasteiger partial charge is 0.0510 e. The lowest BCUT2D eigenvalue weighted by atomic mass is 9.95. The van der Waals surface area contributed by atoms with Gasteiger partial charge in [-0.2, -0.15) is 0 Å². The van der Waals surface area contributed by atoms with E-state index in [0.29, 0.717) is 18.0 Å². The van der Waals surface area contributed by atoms with Gasteiger partial charge in [-0.3, -0.25) is 4.90 Å². The topological polar surface area (TPSA) is 38.5 Å². The molecule has 102 valence electrons. The first-order chi connectivity index (χ1) is 8.24. The maximum atomic E-state index is 6.02. The number of hydrogen-bond acceptors (Lipinski definition) is 3. The van der Waals surface area contributed by atoms with Gasteiger partial charge in [-0.25, -0.2) is 0 Å². The molecule has 0 radical (unpaired) electrons. The van der Waals surface area contributed by atoms with Crippen molar-refractivity contribution in [1.82, 2.24) is 4.90 Å². The Morgan fingerprint density at radius 1 is 1.41 bits per heavy atom. The van der Waals surface area contributed by atoms with Crippen molar-refractivity contribution in [2.75, 3.05) is 26.3 Å². The van der Waals surface area contributed by atoms with Crippen LogP contribution < -0.4 is 5.73 Å². The minimum absolute atomic E-state index is 0.513. The van der Waals surface area contributed by atoms with Gasteiger partial charge in [0.15, 0.2) is 0 Å². The lowest BCUT2D eigenvalue weighted by Crippen LogP contribution is -2.50. The molecule has 0 aliphatic carbocycles. The molecule has 0 aromatic heterocycles. The number of hydrogen-bond donors (Lipinski definition) is 1. The molecule has 1 aliphatic heterocycles. The summed E-state index contributed by atoms with van der Waals surface area (Å²) in [5.41, 5.74) is 6.02. The van der Waals surface area contributed by atoms with E-state index >= 15 is 0 Å². The Hall–Kier alpha value is -0.120. The zero-order valence-corrected chi connectivity index (χ0v) is 11.8. The first kappa shape index (κ1) is 14.9. The second-order valence-corrected chi connectivity index (χ2v) is 5.28. The second-order valence-electron chi connectivity index (χ2n) is 5.28. The molecular weight excluding hydrogens is 212 g/mol. The van der Waals surface area contributed by atoms with Gasteiger partial charge in [0.2, 0.25) is 0 Å². The van der Waals surface area contributed by atoms with E-state index in [1.165, 1.54) is 32.2 Å². The van der Waals surface area contributed by atoms with E-state index in [2.05, 4.69) is 25.7 Å². The predicted octanol–water partition coefficient (Wildman–Crippen LogP) is 2.25. The molecule has 17 heavy (non-hydrogen) atoms. The molecule has 3 unspecified atom stereocenters. The average Bonchev–Trinajstić information content (AvgIpc) is 2.87. The Kier molecular flexibility index (Phi) is 7.09. The minimum Gasteiger partial charge on any atom is -0.381 e. The van der Waals surface area contributed by atoms with E-state index in [9.17, 15) is 0 Å². The van der Waals surface area contributed by atoms with Crippen LogP contribution in [0.15, 0.2) is 0 Å². The first-order valence-corrected chi connectivity index (χ1v) is 7.28. The van der Waals surface area contributed by atoms with Crippen molar-refractivity contribution in [1.29, 1.82) is 0 Å². The number of unbranched alkanes of at least 4 members (excludes halogenated alkanes) is 1. The molecule has 1 heterocycles. The third kappa shape index (κ3) is 4.23. The first-order valence-electron chi connectivity index (χ1n) is 7.28. The fraction of sp³-hybridized carbons (Fsp3) is 1.00. The molecule has 1 fully saturated rings. The van der Waals surface area contributed by atoms with Crippen molar-refractivity contribution in [3.8, 4) is 0 Å². The molecule has 1 saturated heterocycles. The summed E-state index contributed by atoms with van der Waals surface area (Å²) in [5, 5.41) is 0. The molecule has 3 heteroatoms. The highest BCUT2D eigenvalue weighted by Crippen LogP contribution is 2.23. The van der Waals surface area contributed by atoms with Gasteiger partial charge in [-0.15, -0.1) is 0 Å². The van der Waals surface area contributed by atoms with Crippen LogP contribution in [0.1, 0.15) is 46.5 Å². The molecule has 0 aromatic carbocycles. The SMILES string of the molecule is CCCCN(C(C)CC)C(CN)C1CCOC1. The molecule has 1 aliphatic rings. The fourth-order valence-corrected chi connectivity index (χ4v) is 2.74. The largest absolute Gasteiger partial charge is 0.381 e. The van der Waals surface area contributed by atoms with E-state index in [4.69, 9.17) is 10.5 Å². The van der Waals surface area contributed by atoms with Crippen LogP contribution in [0.3, 0.4) is 0 Å². The van der Waals surface area contributed by atoms with Gasteiger partial charge in [0.1, 0.15) is 0 Å². The highest BCUT2D eigenvalue weighted by atomic mass is 16.5. The summed E-state index contributed by atoms with van der Waals surface area (Å²) in [4.78, 5) is 2.63. The van der Waals surface area contributed by atoms with Crippen molar-refractivity contribution in [2.45, 2.75) is 58.5 Å². The number of ether oxygens (including phenoxy) is 1. The van der Waals surface area contributed by atoms with Gasteiger partial charge in [0.25, 0.3) is 0 Å². The molecule has 3 atom stereocenters. The van der Waals surface area contributed by atoms with E-state index < -0.39 is 0 Å². The Morgan fingerprint density at radius 2 is 2.18 bits per heavy atom. The van der Waals surface area contributed by atoms with Gasteiger partial charge in [-0.05, 0) is 32.7 Å². The van der Waals surface area contributed by atoms with Gasteiger partial charge in [0.05, 0.1) is 6.61 Å². The Labute approximate surface area is 107 Å². The van der Waals surface area contributed by atoms with Gasteiger partial charge in [0, 0.05) is 31.2 Å². The summed E-state index contributed by atoms with van der Waals surface area (Å²) in [5.74, 6) is 0.644. The molecule has 0 amide bonds. The molecule has 2 N–H and O–H groups in total. The third-order valence-electron chi connectivity index (χ3n) is 4.10. The fourth-order valence-electron chi connectivity index (χ4n) is 2.74. The van der Waals surface area contributed by atoms with Crippen LogP contribution in [0.25, 0.3) is 0 Å². The van der Waals surface area contributed by atoms with Crippen LogP contribution in [0, 0.1) is 5.92 Å². The quantitative estimate of drug-likeness (QED) is 0.709. The monoisotopic (exact) mass is 242 g/mol. The number of rotatable bonds is 8. The Morgan fingerprint density at radius 3 is 2.65 bits per heavy atom. The highest BCUT2D eigenvalue weighted by Gasteiger charge is 2.31. The van der Waals surface area contributed by atoms with Gasteiger partial charge in [-0.1, -0.05) is 20.3 Å². The Balaban J connectivity index is 2.62. The number of nitrogens with two attached hydrogens (primary N) is 1. The van der Waals surface area contributed by atoms with Crippen LogP contribution in [0.4, 0.5) is 0 Å². The van der Waals surface area contributed by atoms with Crippen molar-refractivity contribution in [2.24, 2.45) is 11.7 Å². The molecule has 3 nitrogen and oxygen atoms in total. The zero-order chi connectivity index (χ0) is 12.7. The second kappa shape index (κ2) is 8.06. The van der Waals surface area contributed by atoms with E-state index in [1.807, 2.05) is 0 Å². The number of nitrogens with zero attached hydrogens (tertiary/aromatic N) is 1. The lowest BCUT2D eigenvalue weighted by molar-refractivity contribution is 0.0874. The van der Waals surface area contributed by atoms with Gasteiger partial charge >= 0.3 is 0 Å². The van der Waals surface area contributed by atoms with Crippen molar-refractivity contribution in [3.63, 3.8) is 0 Å². The molecule has 1 rings (SSSR count). The summed E-state index contributed by atoms with van der Waals surface area (Å²) in [6, 6.07) is 1.15. The zero-order valence-electron chi connectivity index (χ0n) is 11.8. The lowest BCUT2D eigenvalue weighted by Gasteiger charge is -2.38. The average molecular weight is 242 g/mol. The van der Waals surface area contributed by atoms with Crippen LogP contribution >= 0.6 is 0 Å². The summed E-state index contributed by atoms with van der Waals surface area (Å²) < 4.78 is 5.53. The van der Waals surface area contributed by atoms with E-state index in [1.54, 1.807) is 0 Å². The molecule has 0 bridgehead atoms. The summed E-state index contributed by atoms with van der Waals surface area (Å²) in [6.45, 7) is 10.6. The van der Waals surface area contributed by atoms with Crippen molar-refractivity contribution >= 4 is 0 Å². The predicted molar refractivity (Wildman–Crippen MR) is 73.1 cm³/mol. The molecule has 0 saturated carbocycles.